The number of aliphatic hydroxyl groups is 1. The molecule has 182 valence electrons. The van der Waals surface area contributed by atoms with Crippen molar-refractivity contribution in [3.05, 3.63) is 88.2 Å². The number of fused-ring (bicyclic) bond motifs is 1. The Kier molecular flexibility index (Phi) is 6.98. The predicted molar refractivity (Wildman–Crippen MR) is 135 cm³/mol. The standard InChI is InChI=1S/C28H32N4O3/c1-6-32-24-13-12-22(19(3)26(24)30-31-32)25(23-14-21(16-33)18(2)15-29-23)28(4,5)27(34)35-17-20-10-8-7-9-11-20/h7-15,25,33H,6,16-17H2,1-5H3/t25-/m0/s1. The van der Waals surface area contributed by atoms with Gasteiger partial charge in [-0.1, -0.05) is 41.6 Å². The van der Waals surface area contributed by atoms with Gasteiger partial charge in [0.15, 0.2) is 0 Å². The van der Waals surface area contributed by atoms with Gasteiger partial charge in [-0.2, -0.15) is 0 Å². The molecule has 1 atom stereocenters. The Balaban J connectivity index is 1.81. The van der Waals surface area contributed by atoms with E-state index in [1.165, 1.54) is 0 Å². The summed E-state index contributed by atoms with van der Waals surface area (Å²) >= 11 is 0. The second-order valence-corrected chi connectivity index (χ2v) is 9.46. The fourth-order valence-electron chi connectivity index (χ4n) is 4.59. The minimum atomic E-state index is -0.955. The summed E-state index contributed by atoms with van der Waals surface area (Å²) in [6.45, 7) is 10.5. The predicted octanol–water partition coefficient (Wildman–Crippen LogP) is 4.86. The number of carbonyl (C=O) groups is 1. The molecule has 35 heavy (non-hydrogen) atoms. The lowest BCUT2D eigenvalue weighted by Crippen LogP contribution is -2.35. The van der Waals surface area contributed by atoms with E-state index in [-0.39, 0.29) is 19.2 Å². The van der Waals surface area contributed by atoms with Crippen molar-refractivity contribution in [1.82, 2.24) is 20.0 Å². The van der Waals surface area contributed by atoms with E-state index in [1.807, 2.05) is 87.8 Å². The van der Waals surface area contributed by atoms with Gasteiger partial charge in [0.2, 0.25) is 0 Å². The molecule has 0 spiro atoms. The van der Waals surface area contributed by atoms with Gasteiger partial charge in [0.05, 0.1) is 17.5 Å². The van der Waals surface area contributed by atoms with Gasteiger partial charge >= 0.3 is 5.97 Å². The van der Waals surface area contributed by atoms with Crippen LogP contribution in [0.4, 0.5) is 0 Å². The van der Waals surface area contributed by atoms with Crippen LogP contribution in [0.1, 0.15) is 60.2 Å². The number of rotatable bonds is 8. The van der Waals surface area contributed by atoms with E-state index in [9.17, 15) is 9.90 Å². The smallest absolute Gasteiger partial charge is 0.312 e. The van der Waals surface area contributed by atoms with Gasteiger partial charge in [0, 0.05) is 24.4 Å². The highest BCUT2D eigenvalue weighted by molar-refractivity contribution is 5.82. The van der Waals surface area contributed by atoms with Crippen LogP contribution in [0, 0.1) is 19.3 Å². The average Bonchev–Trinajstić information content (AvgIpc) is 3.29. The van der Waals surface area contributed by atoms with Crippen molar-refractivity contribution < 1.29 is 14.6 Å². The molecule has 7 heteroatoms. The van der Waals surface area contributed by atoms with Crippen molar-refractivity contribution in [2.75, 3.05) is 0 Å². The van der Waals surface area contributed by atoms with E-state index in [0.717, 1.165) is 45.4 Å². The van der Waals surface area contributed by atoms with Crippen LogP contribution in [-0.2, 0) is 29.3 Å². The Labute approximate surface area is 205 Å². The van der Waals surface area contributed by atoms with E-state index in [1.54, 1.807) is 6.20 Å². The Bertz CT molecular complexity index is 1350. The molecular weight excluding hydrogens is 440 g/mol. The highest BCUT2D eigenvalue weighted by Gasteiger charge is 2.42. The van der Waals surface area contributed by atoms with Gasteiger partial charge in [-0.05, 0) is 74.6 Å². The van der Waals surface area contributed by atoms with Crippen LogP contribution in [0.5, 0.6) is 0 Å². The Morgan fingerprint density at radius 3 is 2.57 bits per heavy atom. The lowest BCUT2D eigenvalue weighted by molar-refractivity contribution is -0.156. The Hall–Kier alpha value is -3.58. The summed E-state index contributed by atoms with van der Waals surface area (Å²) in [6.07, 6.45) is 1.75. The molecule has 0 amide bonds. The van der Waals surface area contributed by atoms with Crippen molar-refractivity contribution in [2.45, 2.75) is 60.3 Å². The molecule has 0 bridgehead atoms. The molecule has 0 saturated carbocycles. The highest BCUT2D eigenvalue weighted by Crippen LogP contribution is 2.44. The molecule has 0 radical (unpaired) electrons. The van der Waals surface area contributed by atoms with Crippen LogP contribution in [0.3, 0.4) is 0 Å². The molecule has 4 aromatic rings. The molecule has 2 heterocycles. The van der Waals surface area contributed by atoms with Gasteiger partial charge < -0.3 is 9.84 Å². The maximum atomic E-state index is 13.5. The number of aromatic nitrogens is 4. The number of benzene rings is 2. The summed E-state index contributed by atoms with van der Waals surface area (Å²) < 4.78 is 7.65. The summed E-state index contributed by atoms with van der Waals surface area (Å²) in [6, 6.07) is 15.6. The fraction of sp³-hybridized carbons (Fsp3) is 0.357. The largest absolute Gasteiger partial charge is 0.460 e. The first-order valence-corrected chi connectivity index (χ1v) is 11.9. The number of carbonyl (C=O) groups excluding carboxylic acids is 1. The third kappa shape index (κ3) is 4.68. The molecule has 0 saturated heterocycles. The number of hydrogen-bond donors (Lipinski definition) is 1. The first-order chi connectivity index (χ1) is 16.8. The third-order valence-corrected chi connectivity index (χ3v) is 6.76. The molecular formula is C28H32N4O3. The Morgan fingerprint density at radius 2 is 1.89 bits per heavy atom. The molecule has 0 unspecified atom stereocenters. The number of aryl methyl sites for hydroxylation is 3. The monoisotopic (exact) mass is 472 g/mol. The molecule has 2 aromatic heterocycles. The quantitative estimate of drug-likeness (QED) is 0.369. The van der Waals surface area contributed by atoms with Crippen molar-refractivity contribution in [2.24, 2.45) is 5.41 Å². The zero-order chi connectivity index (χ0) is 25.2. The summed E-state index contributed by atoms with van der Waals surface area (Å²) in [7, 11) is 0. The zero-order valence-corrected chi connectivity index (χ0v) is 20.9. The number of aliphatic hydroxyl groups excluding tert-OH is 1. The van der Waals surface area contributed by atoms with Gasteiger partial charge in [0.25, 0.3) is 0 Å². The SMILES string of the molecule is CCn1nnc2c(C)c([C@@H](c3cc(CO)c(C)cn3)C(C)(C)C(=O)OCc3ccccc3)ccc21. The number of nitrogens with zero attached hydrogens (tertiary/aromatic N) is 4. The third-order valence-electron chi connectivity index (χ3n) is 6.76. The molecule has 0 aliphatic heterocycles. The molecule has 0 fully saturated rings. The van der Waals surface area contributed by atoms with Crippen LogP contribution in [0.25, 0.3) is 11.0 Å². The van der Waals surface area contributed by atoms with Crippen LogP contribution in [0.15, 0.2) is 54.7 Å². The van der Waals surface area contributed by atoms with Crippen LogP contribution >= 0.6 is 0 Å². The number of esters is 1. The molecule has 0 aliphatic rings. The van der Waals surface area contributed by atoms with Crippen LogP contribution < -0.4 is 0 Å². The van der Waals surface area contributed by atoms with E-state index in [2.05, 4.69) is 10.3 Å². The lowest BCUT2D eigenvalue weighted by Gasteiger charge is -2.33. The molecule has 0 aliphatic carbocycles. The van der Waals surface area contributed by atoms with Gasteiger partial charge in [0.1, 0.15) is 12.1 Å². The fourth-order valence-corrected chi connectivity index (χ4v) is 4.59. The number of ether oxygens (including phenoxy) is 1. The summed E-state index contributed by atoms with van der Waals surface area (Å²) in [4.78, 5) is 18.3. The molecule has 1 N–H and O–H groups in total. The van der Waals surface area contributed by atoms with Gasteiger partial charge in [-0.3, -0.25) is 9.78 Å². The van der Waals surface area contributed by atoms with Crippen molar-refractivity contribution in [3.8, 4) is 0 Å². The summed E-state index contributed by atoms with van der Waals surface area (Å²) in [5.41, 5.74) is 5.99. The second kappa shape index (κ2) is 9.96. The minimum absolute atomic E-state index is 0.101. The van der Waals surface area contributed by atoms with Crippen molar-refractivity contribution >= 4 is 17.0 Å². The lowest BCUT2D eigenvalue weighted by atomic mass is 9.71. The van der Waals surface area contributed by atoms with E-state index in [0.29, 0.717) is 5.69 Å². The normalized spacial score (nSPS) is 12.6. The molecule has 7 nitrogen and oxygen atoms in total. The zero-order valence-electron chi connectivity index (χ0n) is 20.9. The number of hydrogen-bond acceptors (Lipinski definition) is 6. The topological polar surface area (TPSA) is 90.1 Å². The van der Waals surface area contributed by atoms with Crippen molar-refractivity contribution in [3.63, 3.8) is 0 Å². The van der Waals surface area contributed by atoms with E-state index in [4.69, 9.17) is 9.72 Å². The van der Waals surface area contributed by atoms with Gasteiger partial charge in [-0.15, -0.1) is 5.10 Å². The summed E-state index contributed by atoms with van der Waals surface area (Å²) in [5.74, 6) is -0.746. The van der Waals surface area contributed by atoms with Gasteiger partial charge in [-0.25, -0.2) is 4.68 Å². The van der Waals surface area contributed by atoms with E-state index < -0.39 is 11.3 Å². The average molecular weight is 473 g/mol. The van der Waals surface area contributed by atoms with E-state index >= 15 is 0 Å². The van der Waals surface area contributed by atoms with Crippen LogP contribution in [-0.4, -0.2) is 31.1 Å². The summed E-state index contributed by atoms with van der Waals surface area (Å²) in [5, 5.41) is 18.6. The first-order valence-electron chi connectivity index (χ1n) is 11.9. The number of pyridine rings is 1. The highest BCUT2D eigenvalue weighted by atomic mass is 16.5. The maximum Gasteiger partial charge on any atom is 0.312 e. The molecule has 4 rings (SSSR count). The Morgan fingerprint density at radius 1 is 1.14 bits per heavy atom. The van der Waals surface area contributed by atoms with Crippen LogP contribution in [0.2, 0.25) is 0 Å². The first kappa shape index (κ1) is 24.5. The van der Waals surface area contributed by atoms with Crippen molar-refractivity contribution in [1.29, 1.82) is 0 Å². The second-order valence-electron chi connectivity index (χ2n) is 9.46. The minimum Gasteiger partial charge on any atom is -0.460 e. The molecule has 2 aromatic carbocycles. The maximum absolute atomic E-state index is 13.5.